The van der Waals surface area contributed by atoms with E-state index in [0.29, 0.717) is 6.42 Å². The van der Waals surface area contributed by atoms with Crippen LogP contribution in [-0.2, 0) is 11.0 Å². The van der Waals surface area contributed by atoms with Crippen LogP contribution < -0.4 is 5.73 Å². The summed E-state index contributed by atoms with van der Waals surface area (Å²) in [5.74, 6) is -0.558. The lowest BCUT2D eigenvalue weighted by molar-refractivity contribution is -0.397. The van der Waals surface area contributed by atoms with Gasteiger partial charge in [0.15, 0.2) is 5.78 Å². The van der Waals surface area contributed by atoms with Gasteiger partial charge in [-0.2, -0.15) is 0 Å². The van der Waals surface area contributed by atoms with Gasteiger partial charge in [-0.3, -0.25) is 4.57 Å². The number of hydrogen-bond donors (Lipinski definition) is 2. The van der Waals surface area contributed by atoms with Crippen molar-refractivity contribution in [3.05, 3.63) is 71.8 Å². The van der Waals surface area contributed by atoms with Gasteiger partial charge in [0.05, 0.1) is 0 Å². The minimum atomic E-state index is -3.28. The summed E-state index contributed by atoms with van der Waals surface area (Å²) in [6.45, 7) is 0. The van der Waals surface area contributed by atoms with Gasteiger partial charge in [-0.1, -0.05) is 60.7 Å². The quantitative estimate of drug-likeness (QED) is 0.824. The lowest BCUT2D eigenvalue weighted by Crippen LogP contribution is -2.53. The molecule has 0 spiro atoms. The van der Waals surface area contributed by atoms with E-state index in [9.17, 15) is 9.46 Å². The second-order valence-electron chi connectivity index (χ2n) is 4.64. The highest BCUT2D eigenvalue weighted by atomic mass is 31.2. The third kappa shape index (κ3) is 3.77. The Morgan fingerprint density at radius 3 is 2.11 bits per heavy atom. The summed E-state index contributed by atoms with van der Waals surface area (Å²) < 4.78 is 12.4. The van der Waals surface area contributed by atoms with Crippen LogP contribution in [0.2, 0.25) is 0 Å². The van der Waals surface area contributed by atoms with E-state index in [0.717, 1.165) is 11.1 Å². The lowest BCUT2D eigenvalue weighted by atomic mass is 10.2. The molecule has 0 aromatic heterocycles. The summed E-state index contributed by atoms with van der Waals surface area (Å²) in [4.78, 5) is 10.2. The van der Waals surface area contributed by atoms with Gasteiger partial charge in [-0.05, 0) is 12.0 Å². The molecule has 100 valence electrons. The van der Waals surface area contributed by atoms with E-state index >= 15 is 0 Å². The van der Waals surface area contributed by atoms with E-state index in [-0.39, 0.29) is 6.16 Å². The molecule has 4 heteroatoms. The van der Waals surface area contributed by atoms with E-state index in [4.69, 9.17) is 0 Å². The van der Waals surface area contributed by atoms with Crippen molar-refractivity contribution in [1.29, 1.82) is 0 Å². The molecule has 19 heavy (non-hydrogen) atoms. The Labute approximate surface area is 113 Å². The standard InChI is InChI=1S/C15H18NO2P/c16-15(14-9-5-2-6-10-14)19(17,18)12-11-13-7-3-1-4-8-13/h1-10,15H,11-12,16H2,(H,17,18)/p+1/t15-/m0/s1. The van der Waals surface area contributed by atoms with Crippen LogP contribution in [0.15, 0.2) is 60.7 Å². The van der Waals surface area contributed by atoms with E-state index in [1.807, 2.05) is 60.7 Å². The summed E-state index contributed by atoms with van der Waals surface area (Å²) >= 11 is 0. The number of aryl methyl sites for hydroxylation is 1. The summed E-state index contributed by atoms with van der Waals surface area (Å²) in [6, 6.07) is 19.1. The first-order valence-electron chi connectivity index (χ1n) is 6.33. The molecule has 2 rings (SSSR count). The number of quaternary nitrogens is 1. The summed E-state index contributed by atoms with van der Waals surface area (Å²) in [5.41, 5.74) is 5.78. The van der Waals surface area contributed by atoms with Crippen molar-refractivity contribution in [2.24, 2.45) is 0 Å². The Morgan fingerprint density at radius 1 is 1.00 bits per heavy atom. The Hall–Kier alpha value is -1.41. The highest BCUT2D eigenvalue weighted by molar-refractivity contribution is 7.58. The Morgan fingerprint density at radius 2 is 1.53 bits per heavy atom. The van der Waals surface area contributed by atoms with E-state index in [1.54, 1.807) is 0 Å². The van der Waals surface area contributed by atoms with Crippen molar-refractivity contribution in [2.45, 2.75) is 12.2 Å². The highest BCUT2D eigenvalue weighted by Gasteiger charge is 2.31. The van der Waals surface area contributed by atoms with Gasteiger partial charge in [0.2, 0.25) is 0 Å². The number of hydrogen-bond acceptors (Lipinski definition) is 1. The highest BCUT2D eigenvalue weighted by Crippen LogP contribution is 2.51. The molecule has 0 amide bonds. The molecule has 0 saturated carbocycles. The average Bonchev–Trinajstić information content (AvgIpc) is 2.46. The monoisotopic (exact) mass is 276 g/mol. The molecule has 4 N–H and O–H groups in total. The lowest BCUT2D eigenvalue weighted by Gasteiger charge is -2.16. The van der Waals surface area contributed by atoms with Crippen molar-refractivity contribution in [3.8, 4) is 0 Å². The molecule has 1 unspecified atom stereocenters. The van der Waals surface area contributed by atoms with Crippen molar-refractivity contribution in [1.82, 2.24) is 0 Å². The molecule has 2 atom stereocenters. The first kappa shape index (κ1) is 14.0. The molecule has 0 radical (unpaired) electrons. The molecule has 0 aliphatic heterocycles. The molecule has 0 aliphatic carbocycles. The van der Waals surface area contributed by atoms with Gasteiger partial charge in [-0.25, -0.2) is 0 Å². The van der Waals surface area contributed by atoms with Gasteiger partial charge >= 0.3 is 0 Å². The van der Waals surface area contributed by atoms with Crippen LogP contribution in [0.1, 0.15) is 16.9 Å². The first-order chi connectivity index (χ1) is 9.09. The molecular formula is C15H19NO2P+. The summed E-state index contributed by atoms with van der Waals surface area (Å²) in [7, 11) is -3.28. The topological polar surface area (TPSA) is 64.9 Å². The van der Waals surface area contributed by atoms with E-state index < -0.39 is 13.2 Å². The fraction of sp³-hybridized carbons (Fsp3) is 0.200. The summed E-state index contributed by atoms with van der Waals surface area (Å²) in [5, 5.41) is 0. The predicted octanol–water partition coefficient (Wildman–Crippen LogP) is 2.44. The van der Waals surface area contributed by atoms with E-state index in [1.165, 1.54) is 0 Å². The third-order valence-electron chi connectivity index (χ3n) is 3.24. The molecule has 0 saturated heterocycles. The number of benzene rings is 2. The van der Waals surface area contributed by atoms with Crippen LogP contribution in [-0.4, -0.2) is 11.1 Å². The minimum Gasteiger partial charge on any atom is -0.343 e. The second-order valence-corrected chi connectivity index (χ2v) is 7.22. The van der Waals surface area contributed by atoms with Crippen LogP contribution in [0.4, 0.5) is 0 Å². The third-order valence-corrected chi connectivity index (χ3v) is 5.37. The molecule has 0 fully saturated rings. The maximum absolute atomic E-state index is 12.4. The predicted molar refractivity (Wildman–Crippen MR) is 76.9 cm³/mol. The smallest absolute Gasteiger partial charge is 0.261 e. The van der Waals surface area contributed by atoms with Gasteiger partial charge in [0.1, 0.15) is 0 Å². The van der Waals surface area contributed by atoms with Crippen LogP contribution in [0.3, 0.4) is 0 Å². The van der Waals surface area contributed by atoms with Crippen molar-refractivity contribution < 1.29 is 15.2 Å². The number of rotatable bonds is 5. The molecule has 2 aromatic carbocycles. The molecule has 3 nitrogen and oxygen atoms in total. The second kappa shape index (κ2) is 6.16. The molecule has 0 bridgehead atoms. The van der Waals surface area contributed by atoms with Crippen LogP contribution >= 0.6 is 7.37 Å². The average molecular weight is 276 g/mol. The van der Waals surface area contributed by atoms with Gasteiger partial charge in [0, 0.05) is 11.7 Å². The fourth-order valence-electron chi connectivity index (χ4n) is 2.00. The SMILES string of the molecule is [NH3+][C@H](c1ccccc1)P(=O)(O)CCc1ccccc1. The van der Waals surface area contributed by atoms with E-state index in [2.05, 4.69) is 5.73 Å². The van der Waals surface area contributed by atoms with Crippen molar-refractivity contribution >= 4 is 7.37 Å². The first-order valence-corrected chi connectivity index (χ1v) is 8.24. The van der Waals surface area contributed by atoms with Gasteiger partial charge < -0.3 is 10.6 Å². The van der Waals surface area contributed by atoms with Gasteiger partial charge in [0.25, 0.3) is 7.37 Å². The normalized spacial score (nSPS) is 15.7. The summed E-state index contributed by atoms with van der Waals surface area (Å²) in [6.07, 6.45) is 0.869. The Bertz CT molecular complexity index is 557. The van der Waals surface area contributed by atoms with Crippen molar-refractivity contribution in [2.75, 3.05) is 6.16 Å². The largest absolute Gasteiger partial charge is 0.343 e. The zero-order valence-electron chi connectivity index (χ0n) is 10.8. The van der Waals surface area contributed by atoms with Crippen molar-refractivity contribution in [3.63, 3.8) is 0 Å². The van der Waals surface area contributed by atoms with Crippen LogP contribution in [0.25, 0.3) is 0 Å². The Kier molecular flexibility index (Phi) is 4.54. The maximum atomic E-state index is 12.4. The Balaban J connectivity index is 2.04. The van der Waals surface area contributed by atoms with Crippen LogP contribution in [0, 0.1) is 0 Å². The van der Waals surface area contributed by atoms with Crippen LogP contribution in [0.5, 0.6) is 0 Å². The molecule has 0 heterocycles. The molecule has 2 aromatic rings. The minimum absolute atomic E-state index is 0.264. The molecular weight excluding hydrogens is 257 g/mol. The molecule has 0 aliphatic rings. The fourth-order valence-corrected chi connectivity index (χ4v) is 3.53. The zero-order chi connectivity index (χ0) is 13.7. The zero-order valence-corrected chi connectivity index (χ0v) is 11.7. The maximum Gasteiger partial charge on any atom is 0.261 e. The van der Waals surface area contributed by atoms with Gasteiger partial charge in [-0.15, -0.1) is 0 Å².